The SMILES string of the molecule is COc1cc(C(=O)N(C)Cc2cccc(F)c2)ccc1OCc1cscn1. The number of aromatic nitrogens is 1. The number of carbonyl (C=O) groups excluding carboxylic acids is 1. The molecule has 1 aromatic heterocycles. The number of hydrogen-bond donors (Lipinski definition) is 0. The predicted octanol–water partition coefficient (Wildman–Crippen LogP) is 4.14. The second-order valence-corrected chi connectivity index (χ2v) is 6.64. The van der Waals surface area contributed by atoms with Crippen molar-refractivity contribution in [3.05, 3.63) is 76.0 Å². The van der Waals surface area contributed by atoms with E-state index in [0.29, 0.717) is 30.2 Å². The van der Waals surface area contributed by atoms with Gasteiger partial charge in [-0.25, -0.2) is 9.37 Å². The highest BCUT2D eigenvalue weighted by molar-refractivity contribution is 7.07. The third-order valence-electron chi connectivity index (χ3n) is 3.93. The Kier molecular flexibility index (Phi) is 6.03. The summed E-state index contributed by atoms with van der Waals surface area (Å²) in [4.78, 5) is 18.4. The van der Waals surface area contributed by atoms with Crippen molar-refractivity contribution >= 4 is 17.2 Å². The number of hydrogen-bond acceptors (Lipinski definition) is 5. The maximum atomic E-state index is 13.3. The Morgan fingerprint density at radius 3 is 2.78 bits per heavy atom. The lowest BCUT2D eigenvalue weighted by molar-refractivity contribution is 0.0784. The van der Waals surface area contributed by atoms with Crippen molar-refractivity contribution in [2.45, 2.75) is 13.2 Å². The van der Waals surface area contributed by atoms with Gasteiger partial charge >= 0.3 is 0 Å². The van der Waals surface area contributed by atoms with Crippen LogP contribution in [0.3, 0.4) is 0 Å². The van der Waals surface area contributed by atoms with E-state index in [4.69, 9.17) is 9.47 Å². The van der Waals surface area contributed by atoms with Crippen molar-refractivity contribution in [1.29, 1.82) is 0 Å². The van der Waals surface area contributed by atoms with Crippen LogP contribution in [0.25, 0.3) is 0 Å². The normalized spacial score (nSPS) is 10.5. The lowest BCUT2D eigenvalue weighted by Crippen LogP contribution is -2.26. The van der Waals surface area contributed by atoms with Gasteiger partial charge in [-0.2, -0.15) is 0 Å². The van der Waals surface area contributed by atoms with E-state index in [1.54, 1.807) is 42.9 Å². The topological polar surface area (TPSA) is 51.7 Å². The van der Waals surface area contributed by atoms with Gasteiger partial charge in [-0.1, -0.05) is 12.1 Å². The van der Waals surface area contributed by atoms with Crippen molar-refractivity contribution < 1.29 is 18.7 Å². The maximum Gasteiger partial charge on any atom is 0.254 e. The molecule has 0 aliphatic heterocycles. The zero-order chi connectivity index (χ0) is 19.2. The molecule has 0 aliphatic carbocycles. The van der Waals surface area contributed by atoms with E-state index >= 15 is 0 Å². The van der Waals surface area contributed by atoms with Gasteiger partial charge in [0.15, 0.2) is 11.5 Å². The van der Waals surface area contributed by atoms with Crippen LogP contribution in [-0.4, -0.2) is 29.9 Å². The van der Waals surface area contributed by atoms with Crippen LogP contribution in [-0.2, 0) is 13.2 Å². The Labute approximate surface area is 161 Å². The monoisotopic (exact) mass is 386 g/mol. The van der Waals surface area contributed by atoms with Crippen molar-refractivity contribution in [2.75, 3.05) is 14.2 Å². The second-order valence-electron chi connectivity index (χ2n) is 5.93. The van der Waals surface area contributed by atoms with Crippen LogP contribution in [0.2, 0.25) is 0 Å². The van der Waals surface area contributed by atoms with Gasteiger partial charge in [0, 0.05) is 24.5 Å². The van der Waals surface area contributed by atoms with Gasteiger partial charge in [0.2, 0.25) is 0 Å². The molecule has 2 aromatic carbocycles. The van der Waals surface area contributed by atoms with Crippen LogP contribution >= 0.6 is 11.3 Å². The minimum atomic E-state index is -0.323. The quantitative estimate of drug-likeness (QED) is 0.612. The Bertz CT molecular complexity index is 915. The highest BCUT2D eigenvalue weighted by atomic mass is 32.1. The summed E-state index contributed by atoms with van der Waals surface area (Å²) in [6, 6.07) is 11.2. The molecule has 1 amide bonds. The molecule has 0 N–H and O–H groups in total. The smallest absolute Gasteiger partial charge is 0.254 e. The summed E-state index contributed by atoms with van der Waals surface area (Å²) < 4.78 is 24.4. The molecule has 0 fully saturated rings. The molecule has 27 heavy (non-hydrogen) atoms. The van der Waals surface area contributed by atoms with E-state index in [1.807, 2.05) is 5.38 Å². The fourth-order valence-electron chi connectivity index (χ4n) is 2.58. The summed E-state index contributed by atoms with van der Waals surface area (Å²) in [5.74, 6) is 0.491. The molecule has 5 nitrogen and oxygen atoms in total. The fraction of sp³-hybridized carbons (Fsp3) is 0.200. The number of thiazole rings is 1. The minimum Gasteiger partial charge on any atom is -0.493 e. The standard InChI is InChI=1S/C20H19FN2O3S/c1-23(10-14-4-3-5-16(21)8-14)20(24)15-6-7-18(19(9-15)25-2)26-11-17-12-27-13-22-17/h3-9,12-13H,10-11H2,1-2H3. The van der Waals surface area contributed by atoms with E-state index < -0.39 is 0 Å². The molecule has 0 spiro atoms. The Morgan fingerprint density at radius 2 is 2.07 bits per heavy atom. The van der Waals surface area contributed by atoms with Crippen LogP contribution in [0.15, 0.2) is 53.4 Å². The number of ether oxygens (including phenoxy) is 2. The molecular weight excluding hydrogens is 367 g/mol. The number of methoxy groups -OCH3 is 1. The molecule has 3 aromatic rings. The number of carbonyl (C=O) groups is 1. The predicted molar refractivity (Wildman–Crippen MR) is 102 cm³/mol. The molecule has 140 valence electrons. The number of nitrogens with zero attached hydrogens (tertiary/aromatic N) is 2. The summed E-state index contributed by atoms with van der Waals surface area (Å²) in [6.07, 6.45) is 0. The number of benzene rings is 2. The van der Waals surface area contributed by atoms with E-state index in [9.17, 15) is 9.18 Å². The molecule has 7 heteroatoms. The van der Waals surface area contributed by atoms with Gasteiger partial charge in [0.1, 0.15) is 12.4 Å². The minimum absolute atomic E-state index is 0.191. The van der Waals surface area contributed by atoms with Gasteiger partial charge in [-0.15, -0.1) is 11.3 Å². The Morgan fingerprint density at radius 1 is 1.22 bits per heavy atom. The van der Waals surface area contributed by atoms with Crippen molar-refractivity contribution in [1.82, 2.24) is 9.88 Å². The highest BCUT2D eigenvalue weighted by Gasteiger charge is 2.16. The molecule has 0 saturated heterocycles. The first-order chi connectivity index (χ1) is 13.1. The van der Waals surface area contributed by atoms with E-state index in [1.165, 1.54) is 35.5 Å². The van der Waals surface area contributed by atoms with Crippen molar-refractivity contribution in [3.63, 3.8) is 0 Å². The summed E-state index contributed by atoms with van der Waals surface area (Å²) in [5, 5.41) is 1.91. The van der Waals surface area contributed by atoms with E-state index in [-0.39, 0.29) is 11.7 Å². The molecular formula is C20H19FN2O3S. The maximum absolute atomic E-state index is 13.3. The van der Waals surface area contributed by atoms with Gasteiger partial charge in [-0.3, -0.25) is 4.79 Å². The molecule has 0 atom stereocenters. The molecule has 0 unspecified atom stereocenters. The lowest BCUT2D eigenvalue weighted by atomic mass is 10.1. The fourth-order valence-corrected chi connectivity index (χ4v) is 3.12. The van der Waals surface area contributed by atoms with Crippen LogP contribution in [0.4, 0.5) is 4.39 Å². The average molecular weight is 386 g/mol. The zero-order valence-corrected chi connectivity index (χ0v) is 15.8. The molecule has 3 rings (SSSR count). The summed E-state index contributed by atoms with van der Waals surface area (Å²) >= 11 is 1.50. The van der Waals surface area contributed by atoms with Gasteiger partial charge in [-0.05, 0) is 35.9 Å². The first-order valence-electron chi connectivity index (χ1n) is 8.24. The average Bonchev–Trinajstić information content (AvgIpc) is 3.19. The zero-order valence-electron chi connectivity index (χ0n) is 15.0. The van der Waals surface area contributed by atoms with E-state index in [2.05, 4.69) is 4.98 Å². The molecule has 0 aliphatic rings. The summed E-state index contributed by atoms with van der Waals surface area (Å²) in [6.45, 7) is 0.633. The molecule has 0 saturated carbocycles. The van der Waals surface area contributed by atoms with Gasteiger partial charge in [0.25, 0.3) is 5.91 Å². The molecule has 1 heterocycles. The van der Waals surface area contributed by atoms with Crippen LogP contribution in [0, 0.1) is 5.82 Å². The third-order valence-corrected chi connectivity index (χ3v) is 4.56. The first-order valence-corrected chi connectivity index (χ1v) is 9.19. The lowest BCUT2D eigenvalue weighted by Gasteiger charge is -2.18. The molecule has 0 radical (unpaired) electrons. The van der Waals surface area contributed by atoms with Crippen molar-refractivity contribution in [2.24, 2.45) is 0 Å². The largest absolute Gasteiger partial charge is 0.493 e. The Balaban J connectivity index is 1.70. The van der Waals surface area contributed by atoms with Crippen LogP contribution < -0.4 is 9.47 Å². The van der Waals surface area contributed by atoms with Crippen LogP contribution in [0.1, 0.15) is 21.6 Å². The number of rotatable bonds is 7. The summed E-state index contributed by atoms with van der Waals surface area (Å²) in [7, 11) is 3.20. The van der Waals surface area contributed by atoms with E-state index in [0.717, 1.165) is 11.3 Å². The van der Waals surface area contributed by atoms with Gasteiger partial charge in [0.05, 0.1) is 18.3 Å². The number of halogens is 1. The second kappa shape index (κ2) is 8.64. The first kappa shape index (κ1) is 18.8. The number of amides is 1. The van der Waals surface area contributed by atoms with Gasteiger partial charge < -0.3 is 14.4 Å². The Hall–Kier alpha value is -2.93. The van der Waals surface area contributed by atoms with Crippen LogP contribution in [0.5, 0.6) is 11.5 Å². The summed E-state index contributed by atoms with van der Waals surface area (Å²) in [5.41, 5.74) is 3.76. The third kappa shape index (κ3) is 4.83. The highest BCUT2D eigenvalue weighted by Crippen LogP contribution is 2.29. The van der Waals surface area contributed by atoms with Crippen molar-refractivity contribution in [3.8, 4) is 11.5 Å². The molecule has 0 bridgehead atoms.